The third-order valence-corrected chi connectivity index (χ3v) is 6.77. The third kappa shape index (κ3) is 7.50. The molecule has 2 fully saturated rings. The predicted octanol–water partition coefficient (Wildman–Crippen LogP) is 4.91. The summed E-state index contributed by atoms with van der Waals surface area (Å²) in [6, 6.07) is 0.620. The molecule has 0 spiro atoms. The van der Waals surface area contributed by atoms with Crippen molar-refractivity contribution in [1.29, 1.82) is 0 Å². The normalized spacial score (nSPS) is 24.1. The van der Waals surface area contributed by atoms with Crippen LogP contribution < -0.4 is 0 Å². The first kappa shape index (κ1) is 23.4. The van der Waals surface area contributed by atoms with Gasteiger partial charge in [0.1, 0.15) is 5.78 Å². The minimum Gasteiger partial charge on any atom is -0.340 e. The van der Waals surface area contributed by atoms with E-state index in [0.717, 1.165) is 70.6 Å². The molecule has 4 heteroatoms. The van der Waals surface area contributed by atoms with Gasteiger partial charge in [-0.2, -0.15) is 0 Å². The zero-order valence-corrected chi connectivity index (χ0v) is 18.9. The quantitative estimate of drug-likeness (QED) is 0.496. The van der Waals surface area contributed by atoms with Crippen LogP contribution in [0, 0.1) is 17.8 Å². The molecule has 1 aliphatic carbocycles. The largest absolute Gasteiger partial charge is 0.340 e. The van der Waals surface area contributed by atoms with Gasteiger partial charge in [-0.1, -0.05) is 53.4 Å². The van der Waals surface area contributed by atoms with Crippen molar-refractivity contribution in [3.05, 3.63) is 0 Å². The van der Waals surface area contributed by atoms with Crippen LogP contribution in [0.1, 0.15) is 91.9 Å². The van der Waals surface area contributed by atoms with E-state index in [4.69, 9.17) is 0 Å². The number of carbonyl (C=O) groups is 2. The maximum atomic E-state index is 12.5. The van der Waals surface area contributed by atoms with Crippen molar-refractivity contribution in [2.45, 2.75) is 97.9 Å². The van der Waals surface area contributed by atoms with Crippen LogP contribution in [-0.2, 0) is 9.59 Å². The van der Waals surface area contributed by atoms with Gasteiger partial charge in [0.05, 0.1) is 0 Å². The average molecular weight is 393 g/mol. The predicted molar refractivity (Wildman–Crippen MR) is 116 cm³/mol. The molecular formula is C24H44N2O2. The number of nitrogens with zero attached hydrogens (tertiary/aromatic N) is 2. The maximum absolute atomic E-state index is 12.5. The number of Topliss-reactive ketones (excluding diaryl/α,β-unsaturated/α-hetero) is 1. The molecule has 162 valence electrons. The van der Waals surface area contributed by atoms with Crippen LogP contribution in [0.2, 0.25) is 0 Å². The Kier molecular flexibility index (Phi) is 9.98. The second kappa shape index (κ2) is 11.9. The summed E-state index contributed by atoms with van der Waals surface area (Å²) < 4.78 is 0. The Labute approximate surface area is 173 Å². The molecular weight excluding hydrogens is 348 g/mol. The lowest BCUT2D eigenvalue weighted by Gasteiger charge is -2.42. The molecule has 0 aromatic rings. The van der Waals surface area contributed by atoms with Crippen molar-refractivity contribution < 1.29 is 9.59 Å². The molecule has 0 unspecified atom stereocenters. The Bertz CT molecular complexity index is 473. The highest BCUT2D eigenvalue weighted by atomic mass is 16.2. The highest BCUT2D eigenvalue weighted by Gasteiger charge is 2.32. The molecule has 1 saturated heterocycles. The number of ketones is 1. The van der Waals surface area contributed by atoms with Gasteiger partial charge >= 0.3 is 0 Å². The standard InChI is InChI=1S/C24H44N2O2/c1-19(2)9-7-5-6-8-10-23(27)26-17-15-25(16-18-26)22-13-11-21(12-14-22)24(28)20(3)4/h19-22H,5-18H2,1-4H3/t21-,22-. The number of rotatable bonds is 10. The smallest absolute Gasteiger partial charge is 0.222 e. The molecule has 0 N–H and O–H groups in total. The van der Waals surface area contributed by atoms with Crippen LogP contribution in [0.3, 0.4) is 0 Å². The summed E-state index contributed by atoms with van der Waals surface area (Å²) in [6.07, 6.45) is 11.2. The molecule has 0 aromatic carbocycles. The summed E-state index contributed by atoms with van der Waals surface area (Å²) in [6.45, 7) is 12.4. The van der Waals surface area contributed by atoms with Crippen LogP contribution in [0.4, 0.5) is 0 Å². The van der Waals surface area contributed by atoms with Crippen molar-refractivity contribution in [1.82, 2.24) is 9.80 Å². The van der Waals surface area contributed by atoms with Crippen molar-refractivity contribution >= 4 is 11.7 Å². The third-order valence-electron chi connectivity index (χ3n) is 6.77. The van der Waals surface area contributed by atoms with Gasteiger partial charge < -0.3 is 4.90 Å². The van der Waals surface area contributed by atoms with Crippen molar-refractivity contribution in [2.24, 2.45) is 17.8 Å². The highest BCUT2D eigenvalue weighted by molar-refractivity contribution is 5.82. The zero-order chi connectivity index (χ0) is 20.5. The number of amides is 1. The lowest BCUT2D eigenvalue weighted by atomic mass is 9.80. The Hall–Kier alpha value is -0.900. The molecule has 0 radical (unpaired) electrons. The topological polar surface area (TPSA) is 40.6 Å². The van der Waals surface area contributed by atoms with Crippen molar-refractivity contribution in [3.8, 4) is 0 Å². The summed E-state index contributed by atoms with van der Waals surface area (Å²) in [5, 5.41) is 0. The van der Waals surface area contributed by atoms with Gasteiger partial charge in [-0.3, -0.25) is 14.5 Å². The lowest BCUT2D eigenvalue weighted by Crippen LogP contribution is -2.52. The van der Waals surface area contributed by atoms with Gasteiger partial charge in [0.25, 0.3) is 0 Å². The van der Waals surface area contributed by atoms with Gasteiger partial charge in [0, 0.05) is 50.5 Å². The summed E-state index contributed by atoms with van der Waals surface area (Å²) in [5.41, 5.74) is 0. The van der Waals surface area contributed by atoms with E-state index in [0.29, 0.717) is 23.7 Å². The highest BCUT2D eigenvalue weighted by Crippen LogP contribution is 2.30. The molecule has 1 heterocycles. The summed E-state index contributed by atoms with van der Waals surface area (Å²) in [4.78, 5) is 29.3. The van der Waals surface area contributed by atoms with Gasteiger partial charge in [-0.05, 0) is 38.0 Å². The maximum Gasteiger partial charge on any atom is 0.222 e. The summed E-state index contributed by atoms with van der Waals surface area (Å²) in [7, 11) is 0. The van der Waals surface area contributed by atoms with Crippen LogP contribution in [-0.4, -0.2) is 53.7 Å². The second-order valence-corrected chi connectivity index (χ2v) is 9.83. The first-order valence-electron chi connectivity index (χ1n) is 11.9. The van der Waals surface area contributed by atoms with E-state index >= 15 is 0 Å². The van der Waals surface area contributed by atoms with Crippen LogP contribution in [0.5, 0.6) is 0 Å². The fraction of sp³-hybridized carbons (Fsp3) is 0.917. The SMILES string of the molecule is CC(C)CCCCCCC(=O)N1CCN([C@H]2CC[C@H](C(=O)C(C)C)CC2)CC1. The number of hydrogen-bond donors (Lipinski definition) is 0. The molecule has 0 bridgehead atoms. The van der Waals surface area contributed by atoms with Crippen molar-refractivity contribution in [3.63, 3.8) is 0 Å². The molecule has 1 saturated carbocycles. The number of unbranched alkanes of at least 4 members (excludes halogenated alkanes) is 3. The van der Waals surface area contributed by atoms with Crippen molar-refractivity contribution in [2.75, 3.05) is 26.2 Å². The Morgan fingerprint density at radius 3 is 2.00 bits per heavy atom. The van der Waals surface area contributed by atoms with Gasteiger partial charge in [0.15, 0.2) is 0 Å². The first-order chi connectivity index (χ1) is 13.4. The zero-order valence-electron chi connectivity index (χ0n) is 18.9. The number of hydrogen-bond acceptors (Lipinski definition) is 3. The van der Waals surface area contributed by atoms with E-state index in [2.05, 4.69) is 23.6 Å². The van der Waals surface area contributed by atoms with E-state index in [1.165, 1.54) is 25.7 Å². The van der Waals surface area contributed by atoms with Gasteiger partial charge in [-0.15, -0.1) is 0 Å². The average Bonchev–Trinajstić information content (AvgIpc) is 2.69. The molecule has 1 aliphatic heterocycles. The molecule has 1 amide bonds. The molecule has 2 aliphatic rings. The number of carbonyl (C=O) groups excluding carboxylic acids is 2. The summed E-state index contributed by atoms with van der Waals surface area (Å²) >= 11 is 0. The summed E-state index contributed by atoms with van der Waals surface area (Å²) in [5.74, 6) is 2.07. The van der Waals surface area contributed by atoms with Gasteiger partial charge in [-0.25, -0.2) is 0 Å². The van der Waals surface area contributed by atoms with Crippen LogP contribution >= 0.6 is 0 Å². The Morgan fingerprint density at radius 1 is 0.821 bits per heavy atom. The lowest BCUT2D eigenvalue weighted by molar-refractivity contribution is -0.134. The molecule has 0 aromatic heterocycles. The fourth-order valence-electron chi connectivity index (χ4n) is 4.87. The minimum absolute atomic E-state index is 0.173. The fourth-order valence-corrected chi connectivity index (χ4v) is 4.87. The van der Waals surface area contributed by atoms with Crippen LogP contribution in [0.15, 0.2) is 0 Å². The Balaban J connectivity index is 1.60. The Morgan fingerprint density at radius 2 is 1.43 bits per heavy atom. The molecule has 28 heavy (non-hydrogen) atoms. The monoisotopic (exact) mass is 392 g/mol. The van der Waals surface area contributed by atoms with Crippen LogP contribution in [0.25, 0.3) is 0 Å². The number of piperazine rings is 1. The first-order valence-corrected chi connectivity index (χ1v) is 11.9. The molecule has 4 nitrogen and oxygen atoms in total. The van der Waals surface area contributed by atoms with E-state index < -0.39 is 0 Å². The molecule has 0 atom stereocenters. The van der Waals surface area contributed by atoms with E-state index in [9.17, 15) is 9.59 Å². The minimum atomic E-state index is 0.173. The second-order valence-electron chi connectivity index (χ2n) is 9.83. The van der Waals surface area contributed by atoms with E-state index in [-0.39, 0.29) is 5.92 Å². The van der Waals surface area contributed by atoms with Gasteiger partial charge in [0.2, 0.25) is 5.91 Å². The van der Waals surface area contributed by atoms with E-state index in [1.807, 2.05) is 13.8 Å². The van der Waals surface area contributed by atoms with E-state index in [1.54, 1.807) is 0 Å². The molecule has 2 rings (SSSR count).